The molecule has 0 spiro atoms. The van der Waals surface area contributed by atoms with E-state index in [0.717, 1.165) is 32.6 Å². The number of nitrogens with zero attached hydrogens (tertiary/aromatic N) is 2. The maximum atomic E-state index is 12.0. The SMILES string of the molecule is CCN(CC)C(=O)CCN1CCc2ccccc21. The Bertz CT molecular complexity index is 413. The summed E-state index contributed by atoms with van der Waals surface area (Å²) in [6.45, 7) is 7.58. The molecule has 98 valence electrons. The first-order chi connectivity index (χ1) is 8.76. The van der Waals surface area contributed by atoms with Crippen LogP contribution in [0.4, 0.5) is 5.69 Å². The lowest BCUT2D eigenvalue weighted by Crippen LogP contribution is -2.34. The second-order valence-electron chi connectivity index (χ2n) is 4.68. The summed E-state index contributed by atoms with van der Waals surface area (Å²) in [5.41, 5.74) is 2.72. The van der Waals surface area contributed by atoms with E-state index in [1.165, 1.54) is 11.3 Å². The van der Waals surface area contributed by atoms with Gasteiger partial charge in [0.2, 0.25) is 5.91 Å². The van der Waals surface area contributed by atoms with Crippen molar-refractivity contribution in [3.05, 3.63) is 29.8 Å². The fourth-order valence-electron chi connectivity index (χ4n) is 2.60. The number of hydrogen-bond acceptors (Lipinski definition) is 2. The standard InChI is InChI=1S/C15H22N2O/c1-3-16(4-2)15(18)10-12-17-11-9-13-7-5-6-8-14(13)17/h5-8H,3-4,9-12H2,1-2H3. The number of rotatable bonds is 5. The number of amides is 1. The van der Waals surface area contributed by atoms with Crippen LogP contribution < -0.4 is 4.90 Å². The minimum atomic E-state index is 0.268. The van der Waals surface area contributed by atoms with Gasteiger partial charge in [0.25, 0.3) is 0 Å². The summed E-state index contributed by atoms with van der Waals surface area (Å²) in [6.07, 6.45) is 1.73. The molecular formula is C15H22N2O. The molecule has 18 heavy (non-hydrogen) atoms. The second-order valence-corrected chi connectivity index (χ2v) is 4.68. The summed E-state index contributed by atoms with van der Waals surface area (Å²) in [5.74, 6) is 0.268. The first kappa shape index (κ1) is 12.9. The summed E-state index contributed by atoms with van der Waals surface area (Å²) < 4.78 is 0. The van der Waals surface area contributed by atoms with Crippen molar-refractivity contribution in [2.75, 3.05) is 31.1 Å². The molecule has 3 nitrogen and oxygen atoms in total. The van der Waals surface area contributed by atoms with Crippen LogP contribution >= 0.6 is 0 Å². The van der Waals surface area contributed by atoms with Crippen molar-refractivity contribution in [3.63, 3.8) is 0 Å². The van der Waals surface area contributed by atoms with Crippen LogP contribution in [0, 0.1) is 0 Å². The summed E-state index contributed by atoms with van der Waals surface area (Å²) in [4.78, 5) is 16.2. The van der Waals surface area contributed by atoms with Crippen LogP contribution in [0.1, 0.15) is 25.8 Å². The summed E-state index contributed by atoms with van der Waals surface area (Å²) in [6, 6.07) is 8.50. The molecule has 0 bridgehead atoms. The molecule has 0 fully saturated rings. The molecule has 0 unspecified atom stereocenters. The molecule has 0 saturated heterocycles. The molecule has 1 aromatic rings. The van der Waals surface area contributed by atoms with E-state index >= 15 is 0 Å². The predicted molar refractivity (Wildman–Crippen MR) is 74.9 cm³/mol. The highest BCUT2D eigenvalue weighted by molar-refractivity contribution is 5.77. The third-order valence-corrected chi connectivity index (χ3v) is 3.70. The molecule has 1 aliphatic rings. The number of anilines is 1. The maximum absolute atomic E-state index is 12.0. The Hall–Kier alpha value is -1.51. The van der Waals surface area contributed by atoms with Gasteiger partial charge in [0, 0.05) is 38.3 Å². The van der Waals surface area contributed by atoms with Crippen LogP contribution in [0.5, 0.6) is 0 Å². The topological polar surface area (TPSA) is 23.6 Å². The zero-order valence-electron chi connectivity index (χ0n) is 11.4. The van der Waals surface area contributed by atoms with Crippen molar-refractivity contribution in [2.45, 2.75) is 26.7 Å². The van der Waals surface area contributed by atoms with E-state index in [4.69, 9.17) is 0 Å². The van der Waals surface area contributed by atoms with E-state index in [2.05, 4.69) is 29.2 Å². The summed E-state index contributed by atoms with van der Waals surface area (Å²) in [7, 11) is 0. The lowest BCUT2D eigenvalue weighted by molar-refractivity contribution is -0.130. The average Bonchev–Trinajstić information content (AvgIpc) is 2.81. The van der Waals surface area contributed by atoms with E-state index in [0.29, 0.717) is 6.42 Å². The minimum Gasteiger partial charge on any atom is -0.370 e. The van der Waals surface area contributed by atoms with Crippen LogP contribution in [-0.2, 0) is 11.2 Å². The highest BCUT2D eigenvalue weighted by Gasteiger charge is 2.19. The van der Waals surface area contributed by atoms with Crippen LogP contribution in [0.3, 0.4) is 0 Å². The molecule has 1 aromatic carbocycles. The smallest absolute Gasteiger partial charge is 0.224 e. The summed E-state index contributed by atoms with van der Waals surface area (Å²) >= 11 is 0. The number of para-hydroxylation sites is 1. The second kappa shape index (κ2) is 5.89. The molecule has 0 aliphatic carbocycles. The third-order valence-electron chi connectivity index (χ3n) is 3.70. The molecule has 1 amide bonds. The maximum Gasteiger partial charge on any atom is 0.224 e. The quantitative estimate of drug-likeness (QED) is 0.796. The van der Waals surface area contributed by atoms with Gasteiger partial charge in [-0.15, -0.1) is 0 Å². The van der Waals surface area contributed by atoms with E-state index in [1.54, 1.807) is 0 Å². The largest absolute Gasteiger partial charge is 0.370 e. The average molecular weight is 246 g/mol. The number of carbonyl (C=O) groups excluding carboxylic acids is 1. The Balaban J connectivity index is 1.91. The van der Waals surface area contributed by atoms with Crippen molar-refractivity contribution in [3.8, 4) is 0 Å². The van der Waals surface area contributed by atoms with Crippen molar-refractivity contribution in [1.29, 1.82) is 0 Å². The van der Waals surface area contributed by atoms with Gasteiger partial charge in [-0.2, -0.15) is 0 Å². The monoisotopic (exact) mass is 246 g/mol. The molecule has 0 radical (unpaired) electrons. The van der Waals surface area contributed by atoms with Crippen molar-refractivity contribution in [1.82, 2.24) is 4.90 Å². The predicted octanol–water partition coefficient (Wildman–Crippen LogP) is 2.31. The third kappa shape index (κ3) is 2.66. The first-order valence-electron chi connectivity index (χ1n) is 6.86. The molecule has 0 N–H and O–H groups in total. The van der Waals surface area contributed by atoms with Gasteiger partial charge in [-0.05, 0) is 31.9 Å². The van der Waals surface area contributed by atoms with Crippen LogP contribution in [0.15, 0.2) is 24.3 Å². The molecule has 1 aliphatic heterocycles. The Morgan fingerprint density at radius 1 is 1.28 bits per heavy atom. The first-order valence-corrected chi connectivity index (χ1v) is 6.86. The Morgan fingerprint density at radius 3 is 2.72 bits per heavy atom. The molecule has 1 heterocycles. The molecule has 3 heteroatoms. The number of fused-ring (bicyclic) bond motifs is 1. The normalized spacial score (nSPS) is 13.6. The number of benzene rings is 1. The van der Waals surface area contributed by atoms with Gasteiger partial charge in [0.1, 0.15) is 0 Å². The van der Waals surface area contributed by atoms with Gasteiger partial charge < -0.3 is 9.80 Å². The molecular weight excluding hydrogens is 224 g/mol. The zero-order chi connectivity index (χ0) is 13.0. The van der Waals surface area contributed by atoms with Gasteiger partial charge in [-0.25, -0.2) is 0 Å². The van der Waals surface area contributed by atoms with Gasteiger partial charge >= 0.3 is 0 Å². The van der Waals surface area contributed by atoms with Crippen molar-refractivity contribution >= 4 is 11.6 Å². The van der Waals surface area contributed by atoms with Crippen LogP contribution in [0.2, 0.25) is 0 Å². The Labute approximate surface area is 109 Å². The molecule has 0 saturated carbocycles. The van der Waals surface area contributed by atoms with Gasteiger partial charge in [-0.3, -0.25) is 4.79 Å². The van der Waals surface area contributed by atoms with Crippen molar-refractivity contribution < 1.29 is 4.79 Å². The highest BCUT2D eigenvalue weighted by Crippen LogP contribution is 2.27. The fourth-order valence-corrected chi connectivity index (χ4v) is 2.60. The fraction of sp³-hybridized carbons (Fsp3) is 0.533. The number of carbonyl (C=O) groups is 1. The van der Waals surface area contributed by atoms with Gasteiger partial charge in [-0.1, -0.05) is 18.2 Å². The molecule has 2 rings (SSSR count). The summed E-state index contributed by atoms with van der Waals surface area (Å²) in [5, 5.41) is 0. The Kier molecular flexibility index (Phi) is 4.24. The van der Waals surface area contributed by atoms with E-state index in [9.17, 15) is 4.79 Å². The van der Waals surface area contributed by atoms with Crippen LogP contribution in [0.25, 0.3) is 0 Å². The minimum absolute atomic E-state index is 0.268. The zero-order valence-corrected chi connectivity index (χ0v) is 11.4. The lowest BCUT2D eigenvalue weighted by atomic mass is 10.2. The van der Waals surface area contributed by atoms with Crippen LogP contribution in [-0.4, -0.2) is 37.0 Å². The Morgan fingerprint density at radius 2 is 2.00 bits per heavy atom. The van der Waals surface area contributed by atoms with E-state index < -0.39 is 0 Å². The molecule has 0 atom stereocenters. The lowest BCUT2D eigenvalue weighted by Gasteiger charge is -2.22. The highest BCUT2D eigenvalue weighted by atomic mass is 16.2. The van der Waals surface area contributed by atoms with Gasteiger partial charge in [0.15, 0.2) is 0 Å². The van der Waals surface area contributed by atoms with E-state index in [-0.39, 0.29) is 5.91 Å². The van der Waals surface area contributed by atoms with Gasteiger partial charge in [0.05, 0.1) is 0 Å². The molecule has 0 aromatic heterocycles. The van der Waals surface area contributed by atoms with Crippen molar-refractivity contribution in [2.24, 2.45) is 0 Å². The van der Waals surface area contributed by atoms with E-state index in [1.807, 2.05) is 18.7 Å². The number of hydrogen-bond donors (Lipinski definition) is 0.